The van der Waals surface area contributed by atoms with Crippen molar-refractivity contribution in [2.45, 2.75) is 37.7 Å². The van der Waals surface area contributed by atoms with Crippen molar-refractivity contribution in [3.8, 4) is 22.6 Å². The summed E-state index contributed by atoms with van der Waals surface area (Å²) in [4.78, 5) is 17.2. The minimum Gasteiger partial charge on any atom is -0.368 e. The van der Waals surface area contributed by atoms with Crippen LogP contribution < -0.4 is 11.5 Å². The average molecular weight is 498 g/mol. The molecule has 3 heterocycles. The van der Waals surface area contributed by atoms with E-state index in [1.807, 2.05) is 36.4 Å². The molecule has 0 fully saturated rings. The fourth-order valence-electron chi connectivity index (χ4n) is 3.95. The van der Waals surface area contributed by atoms with Crippen LogP contribution in [0, 0.1) is 5.92 Å². The molecule has 5 aromatic rings. The first-order valence-corrected chi connectivity index (χ1v) is 12.7. The maximum Gasteiger partial charge on any atom is 0.225 e. The molecule has 10 heteroatoms. The molecule has 182 valence electrons. The predicted molar refractivity (Wildman–Crippen MR) is 144 cm³/mol. The molecule has 36 heavy (non-hydrogen) atoms. The molecule has 0 saturated carbocycles. The Morgan fingerprint density at radius 2 is 1.58 bits per heavy atom. The minimum absolute atomic E-state index is 0.108. The summed E-state index contributed by atoms with van der Waals surface area (Å²) < 4.78 is 2.18. The number of para-hydroxylation sites is 1. The summed E-state index contributed by atoms with van der Waals surface area (Å²) in [6, 6.07) is 20.4. The molecule has 4 N–H and O–H groups in total. The van der Waals surface area contributed by atoms with Gasteiger partial charge >= 0.3 is 0 Å². The number of hydrogen-bond donors (Lipinski definition) is 2. The van der Waals surface area contributed by atoms with Crippen LogP contribution in [-0.4, -0.2) is 34.7 Å². The molecule has 2 aromatic carbocycles. The largest absolute Gasteiger partial charge is 0.368 e. The van der Waals surface area contributed by atoms with Crippen LogP contribution in [-0.2, 0) is 12.3 Å². The van der Waals surface area contributed by atoms with E-state index < -0.39 is 0 Å². The van der Waals surface area contributed by atoms with Crippen LogP contribution in [0.4, 0.5) is 11.9 Å². The molecule has 0 atom stereocenters. The van der Waals surface area contributed by atoms with Crippen molar-refractivity contribution in [2.24, 2.45) is 5.92 Å². The quantitative estimate of drug-likeness (QED) is 0.288. The second kappa shape index (κ2) is 10.3. The molecule has 0 aliphatic carbocycles. The molecule has 0 aliphatic heterocycles. The maximum absolute atomic E-state index is 5.74. The fourth-order valence-corrected chi connectivity index (χ4v) is 4.77. The number of anilines is 2. The van der Waals surface area contributed by atoms with Gasteiger partial charge in [-0.3, -0.25) is 0 Å². The van der Waals surface area contributed by atoms with Crippen LogP contribution in [0.1, 0.15) is 26.1 Å². The molecule has 0 bridgehead atoms. The molecular weight excluding hydrogens is 470 g/mol. The van der Waals surface area contributed by atoms with Gasteiger partial charge in [0, 0.05) is 23.1 Å². The number of thioether (sulfide) groups is 1. The zero-order valence-electron chi connectivity index (χ0n) is 20.2. The van der Waals surface area contributed by atoms with E-state index >= 15 is 0 Å². The maximum atomic E-state index is 5.74. The molecule has 0 unspecified atom stereocenters. The molecule has 0 spiro atoms. The third-order valence-corrected chi connectivity index (χ3v) is 6.68. The van der Waals surface area contributed by atoms with Crippen LogP contribution in [0.2, 0.25) is 0 Å². The zero-order valence-corrected chi connectivity index (χ0v) is 21.0. The Morgan fingerprint density at radius 1 is 0.861 bits per heavy atom. The summed E-state index contributed by atoms with van der Waals surface area (Å²) in [5, 5.41) is 11.0. The zero-order chi connectivity index (χ0) is 25.1. The molecule has 9 nitrogen and oxygen atoms in total. The van der Waals surface area contributed by atoms with Crippen molar-refractivity contribution in [3.63, 3.8) is 0 Å². The highest BCUT2D eigenvalue weighted by Crippen LogP contribution is 2.33. The summed E-state index contributed by atoms with van der Waals surface area (Å²) in [5.41, 5.74) is 15.3. The van der Waals surface area contributed by atoms with E-state index in [2.05, 4.69) is 67.8 Å². The van der Waals surface area contributed by atoms with E-state index in [4.69, 9.17) is 16.5 Å². The van der Waals surface area contributed by atoms with Gasteiger partial charge in [0.15, 0.2) is 11.0 Å². The summed E-state index contributed by atoms with van der Waals surface area (Å²) >= 11 is 1.50. The third kappa shape index (κ3) is 5.13. The van der Waals surface area contributed by atoms with Gasteiger partial charge in [-0.15, -0.1) is 10.2 Å². The van der Waals surface area contributed by atoms with E-state index in [9.17, 15) is 0 Å². The summed E-state index contributed by atoms with van der Waals surface area (Å²) in [7, 11) is 0. The summed E-state index contributed by atoms with van der Waals surface area (Å²) in [6.45, 7) is 5.20. The van der Waals surface area contributed by atoms with Crippen LogP contribution in [0.15, 0.2) is 65.8 Å². The lowest BCUT2D eigenvalue weighted by molar-refractivity contribution is 0.498. The van der Waals surface area contributed by atoms with E-state index in [0.29, 0.717) is 17.5 Å². The van der Waals surface area contributed by atoms with Crippen LogP contribution >= 0.6 is 11.8 Å². The van der Waals surface area contributed by atoms with Gasteiger partial charge < -0.3 is 16.0 Å². The van der Waals surface area contributed by atoms with Crippen molar-refractivity contribution < 1.29 is 0 Å². The Labute approximate surface area is 213 Å². The molecule has 0 amide bonds. The lowest BCUT2D eigenvalue weighted by atomic mass is 10.0. The van der Waals surface area contributed by atoms with Crippen LogP contribution in [0.5, 0.6) is 0 Å². The number of pyridine rings is 1. The number of nitrogens with zero attached hydrogens (tertiary/aromatic N) is 7. The van der Waals surface area contributed by atoms with E-state index in [1.54, 1.807) is 0 Å². The van der Waals surface area contributed by atoms with Crippen molar-refractivity contribution in [3.05, 3.63) is 66.5 Å². The van der Waals surface area contributed by atoms with Gasteiger partial charge in [0.25, 0.3) is 0 Å². The topological polar surface area (TPSA) is 134 Å². The highest BCUT2D eigenvalue weighted by Gasteiger charge is 2.19. The first-order chi connectivity index (χ1) is 17.5. The van der Waals surface area contributed by atoms with Crippen molar-refractivity contribution >= 4 is 34.6 Å². The fraction of sp³-hybridized carbons (Fsp3) is 0.231. The van der Waals surface area contributed by atoms with Gasteiger partial charge in [-0.25, -0.2) is 4.98 Å². The Hall–Kier alpha value is -4.05. The number of rotatable bonds is 8. The lowest BCUT2D eigenvalue weighted by Crippen LogP contribution is -2.08. The number of aromatic nitrogens is 7. The van der Waals surface area contributed by atoms with Crippen LogP contribution in [0.3, 0.4) is 0 Å². The lowest BCUT2D eigenvalue weighted by Gasteiger charge is -2.14. The predicted octanol–water partition coefficient (Wildman–Crippen LogP) is 4.85. The Balaban J connectivity index is 1.59. The Kier molecular flexibility index (Phi) is 6.77. The number of nitrogens with two attached hydrogens (primary N) is 2. The van der Waals surface area contributed by atoms with Gasteiger partial charge in [0.05, 0.1) is 17.0 Å². The average Bonchev–Trinajstić information content (AvgIpc) is 3.28. The summed E-state index contributed by atoms with van der Waals surface area (Å²) in [6.07, 6.45) is 0.985. The van der Waals surface area contributed by atoms with E-state index in [0.717, 1.165) is 51.7 Å². The number of benzene rings is 2. The van der Waals surface area contributed by atoms with Crippen molar-refractivity contribution in [1.82, 2.24) is 34.7 Å². The molecule has 3 aromatic heterocycles. The Bertz CT molecular complexity index is 1480. The highest BCUT2D eigenvalue weighted by molar-refractivity contribution is 7.98. The van der Waals surface area contributed by atoms with Gasteiger partial charge in [0.1, 0.15) is 5.82 Å². The normalized spacial score (nSPS) is 11.4. The Morgan fingerprint density at radius 3 is 2.33 bits per heavy atom. The van der Waals surface area contributed by atoms with Crippen LogP contribution in [0.25, 0.3) is 33.5 Å². The van der Waals surface area contributed by atoms with Gasteiger partial charge in [-0.05, 0) is 24.5 Å². The first-order valence-electron chi connectivity index (χ1n) is 11.8. The van der Waals surface area contributed by atoms with Crippen molar-refractivity contribution in [1.29, 1.82) is 0 Å². The standard InChI is InChI=1S/C26H27N9S/c1-16(2)12-13-35-23(33-34-26(35)36-15-22-30-24(27)32-25(28)31-22)19-14-21(17-8-4-3-5-9-17)29-20-11-7-6-10-18(19)20/h3-11,14,16H,12-13,15H2,1-2H3,(H4,27,28,30,31,32). The highest BCUT2D eigenvalue weighted by atomic mass is 32.2. The first kappa shape index (κ1) is 23.7. The second-order valence-electron chi connectivity index (χ2n) is 8.84. The minimum atomic E-state index is 0.108. The van der Waals surface area contributed by atoms with Gasteiger partial charge in [-0.2, -0.15) is 15.0 Å². The van der Waals surface area contributed by atoms with E-state index in [1.165, 1.54) is 11.8 Å². The molecular formula is C26H27N9S. The SMILES string of the molecule is CC(C)CCn1c(SCc2nc(N)nc(N)n2)nnc1-c1cc(-c2ccccc2)nc2ccccc12. The molecule has 0 radical (unpaired) electrons. The van der Waals surface area contributed by atoms with E-state index in [-0.39, 0.29) is 11.9 Å². The number of nitrogen functional groups attached to an aromatic ring is 2. The molecule has 0 saturated heterocycles. The summed E-state index contributed by atoms with van der Waals surface area (Å²) in [5.74, 6) is 2.50. The van der Waals surface area contributed by atoms with Gasteiger partial charge in [0.2, 0.25) is 11.9 Å². The number of fused-ring (bicyclic) bond motifs is 1. The van der Waals surface area contributed by atoms with Crippen molar-refractivity contribution in [2.75, 3.05) is 11.5 Å². The second-order valence-corrected chi connectivity index (χ2v) is 9.78. The smallest absolute Gasteiger partial charge is 0.225 e. The molecule has 0 aliphatic rings. The number of hydrogen-bond acceptors (Lipinski definition) is 9. The van der Waals surface area contributed by atoms with Gasteiger partial charge in [-0.1, -0.05) is 74.1 Å². The monoisotopic (exact) mass is 497 g/mol. The third-order valence-electron chi connectivity index (χ3n) is 5.72. The molecule has 5 rings (SSSR count).